The zero-order chi connectivity index (χ0) is 19.6. The molecule has 6 rings (SSSR count). The molecule has 0 fully saturated rings. The summed E-state index contributed by atoms with van der Waals surface area (Å²) in [6, 6.07) is 21.1. The maximum atomic E-state index is 12.8. The number of carbonyl (C=O) groups excluding carboxylic acids is 1. The van der Waals surface area contributed by atoms with Crippen LogP contribution in [0.2, 0.25) is 0 Å². The molecule has 0 N–H and O–H groups in total. The van der Waals surface area contributed by atoms with Crippen LogP contribution in [0.3, 0.4) is 0 Å². The summed E-state index contributed by atoms with van der Waals surface area (Å²) in [5.74, 6) is -0.0248. The summed E-state index contributed by atoms with van der Waals surface area (Å²) in [7, 11) is 1.75. The van der Waals surface area contributed by atoms with Crippen LogP contribution in [0.4, 0.5) is 0 Å². The summed E-state index contributed by atoms with van der Waals surface area (Å²) in [6.07, 6.45) is 0. The van der Waals surface area contributed by atoms with Crippen molar-refractivity contribution in [3.05, 3.63) is 71.8 Å². The number of benzene rings is 5. The van der Waals surface area contributed by atoms with Crippen LogP contribution in [0, 0.1) is 0 Å². The second kappa shape index (κ2) is 5.98. The third-order valence-corrected chi connectivity index (χ3v) is 6.21. The molecule has 136 valence electrons. The van der Waals surface area contributed by atoms with Crippen LogP contribution in [0.15, 0.2) is 60.7 Å². The molecule has 0 aromatic heterocycles. The Morgan fingerprint density at radius 2 is 1.21 bits per heavy atom. The van der Waals surface area contributed by atoms with E-state index in [1.807, 2.05) is 19.9 Å². The average Bonchev–Trinajstić information content (AvgIpc) is 2.75. The van der Waals surface area contributed by atoms with E-state index in [1.165, 1.54) is 32.3 Å². The van der Waals surface area contributed by atoms with Crippen molar-refractivity contribution < 1.29 is 4.79 Å². The van der Waals surface area contributed by atoms with E-state index in [0.717, 1.165) is 21.9 Å². The molecule has 0 saturated carbocycles. The van der Waals surface area contributed by atoms with Crippen LogP contribution in [0.5, 0.6) is 0 Å². The highest BCUT2D eigenvalue weighted by Gasteiger charge is 2.29. The van der Waals surface area contributed by atoms with Crippen LogP contribution in [0.1, 0.15) is 29.8 Å². The molecule has 0 radical (unpaired) electrons. The van der Waals surface area contributed by atoms with Gasteiger partial charge in [0.2, 0.25) is 0 Å². The van der Waals surface area contributed by atoms with Crippen molar-refractivity contribution in [2.45, 2.75) is 13.8 Å². The van der Waals surface area contributed by atoms with Gasteiger partial charge in [-0.05, 0) is 43.8 Å². The van der Waals surface area contributed by atoms with Crippen LogP contribution in [-0.4, -0.2) is 22.8 Å². The number of thiocarbonyl (C=S) groups is 1. The molecular weight excluding hydrogens is 362 g/mol. The number of rotatable bonds is 0. The third-order valence-electron chi connectivity index (χ3n) is 5.72. The molecule has 0 spiro atoms. The fraction of sp³-hybridized carbons (Fsp3) is 0.120. The van der Waals surface area contributed by atoms with Gasteiger partial charge in [-0.25, -0.2) is 0 Å². The molecule has 5 aromatic rings. The smallest absolute Gasteiger partial charge is 0.259 e. The predicted molar refractivity (Wildman–Crippen MR) is 123 cm³/mol. The first-order valence-electron chi connectivity index (χ1n) is 9.61. The van der Waals surface area contributed by atoms with Gasteiger partial charge in [0.1, 0.15) is 4.99 Å². The standard InChI is InChI=1S/C23H13NOS.C2H6/c1-24-22(25)17-10-8-15-13-6-2-4-12-5-3-7-14(19(12)13)16-9-11-18(23(24)26)21(17)20(15)16;1-2/h2-11H,1H3;1-2H3. The lowest BCUT2D eigenvalue weighted by Crippen LogP contribution is -2.36. The maximum absolute atomic E-state index is 12.8. The van der Waals surface area contributed by atoms with Gasteiger partial charge in [0.15, 0.2) is 0 Å². The van der Waals surface area contributed by atoms with Crippen molar-refractivity contribution in [1.29, 1.82) is 0 Å². The van der Waals surface area contributed by atoms with Crippen molar-refractivity contribution in [2.24, 2.45) is 0 Å². The van der Waals surface area contributed by atoms with Gasteiger partial charge in [-0.1, -0.05) is 80.7 Å². The molecule has 1 aliphatic rings. The highest BCUT2D eigenvalue weighted by molar-refractivity contribution is 7.80. The summed E-state index contributed by atoms with van der Waals surface area (Å²) < 4.78 is 0. The lowest BCUT2D eigenvalue weighted by atomic mass is 9.85. The molecule has 1 heterocycles. The van der Waals surface area contributed by atoms with Gasteiger partial charge in [-0.3, -0.25) is 4.79 Å². The highest BCUT2D eigenvalue weighted by atomic mass is 32.1. The van der Waals surface area contributed by atoms with E-state index in [-0.39, 0.29) is 5.91 Å². The number of carbonyl (C=O) groups is 1. The molecule has 1 aliphatic heterocycles. The van der Waals surface area contributed by atoms with Gasteiger partial charge in [-0.15, -0.1) is 0 Å². The lowest BCUT2D eigenvalue weighted by Gasteiger charge is -2.27. The van der Waals surface area contributed by atoms with Gasteiger partial charge in [0.05, 0.1) is 0 Å². The predicted octanol–water partition coefficient (Wildman–Crippen LogP) is 6.52. The monoisotopic (exact) mass is 381 g/mol. The van der Waals surface area contributed by atoms with Crippen molar-refractivity contribution in [3.63, 3.8) is 0 Å². The Morgan fingerprint density at radius 3 is 1.82 bits per heavy atom. The minimum absolute atomic E-state index is 0.0248. The Hall–Kier alpha value is -3.04. The molecule has 1 amide bonds. The number of hydrogen-bond acceptors (Lipinski definition) is 2. The molecule has 0 aliphatic carbocycles. The van der Waals surface area contributed by atoms with Gasteiger partial charge < -0.3 is 4.90 Å². The molecular formula is C25H19NOS. The van der Waals surface area contributed by atoms with E-state index in [9.17, 15) is 4.79 Å². The van der Waals surface area contributed by atoms with E-state index >= 15 is 0 Å². The minimum Gasteiger partial charge on any atom is -0.302 e. The Morgan fingerprint density at radius 1 is 0.679 bits per heavy atom. The summed E-state index contributed by atoms with van der Waals surface area (Å²) in [6.45, 7) is 4.00. The van der Waals surface area contributed by atoms with E-state index in [2.05, 4.69) is 54.6 Å². The van der Waals surface area contributed by atoms with Gasteiger partial charge in [0.25, 0.3) is 5.91 Å². The molecule has 0 atom stereocenters. The summed E-state index contributed by atoms with van der Waals surface area (Å²) >= 11 is 5.58. The number of amides is 1. The second-order valence-corrected chi connectivity index (χ2v) is 7.34. The second-order valence-electron chi connectivity index (χ2n) is 6.95. The average molecular weight is 382 g/mol. The third kappa shape index (κ3) is 1.97. The Bertz CT molecular complexity index is 1330. The van der Waals surface area contributed by atoms with Crippen LogP contribution in [0.25, 0.3) is 43.1 Å². The van der Waals surface area contributed by atoms with Crippen molar-refractivity contribution >= 4 is 66.2 Å². The first-order valence-corrected chi connectivity index (χ1v) is 10.0. The molecule has 2 nitrogen and oxygen atoms in total. The lowest BCUT2D eigenvalue weighted by molar-refractivity contribution is 0.0873. The molecule has 0 saturated heterocycles. The van der Waals surface area contributed by atoms with Crippen LogP contribution >= 0.6 is 12.2 Å². The first kappa shape index (κ1) is 17.1. The Balaban J connectivity index is 0.000000829. The summed E-state index contributed by atoms with van der Waals surface area (Å²) in [5, 5.41) is 9.50. The summed E-state index contributed by atoms with van der Waals surface area (Å²) in [5.41, 5.74) is 1.72. The largest absolute Gasteiger partial charge is 0.302 e. The number of nitrogens with zero attached hydrogens (tertiary/aromatic N) is 1. The molecule has 28 heavy (non-hydrogen) atoms. The van der Waals surface area contributed by atoms with Crippen molar-refractivity contribution in [3.8, 4) is 0 Å². The normalized spacial score (nSPS) is 13.6. The van der Waals surface area contributed by atoms with Crippen molar-refractivity contribution in [2.75, 3.05) is 7.05 Å². The van der Waals surface area contributed by atoms with E-state index < -0.39 is 0 Å². The van der Waals surface area contributed by atoms with E-state index in [4.69, 9.17) is 12.2 Å². The molecule has 0 bridgehead atoms. The SMILES string of the molecule is CC.CN1C(=O)c2ccc3c4cccc5cccc(c6ccc(c2c36)C1=S)c54. The summed E-state index contributed by atoms with van der Waals surface area (Å²) in [4.78, 5) is 15.0. The van der Waals surface area contributed by atoms with Gasteiger partial charge in [-0.2, -0.15) is 0 Å². The van der Waals surface area contributed by atoms with E-state index in [0.29, 0.717) is 4.99 Å². The molecule has 0 unspecified atom stereocenters. The first-order chi connectivity index (χ1) is 13.7. The Labute approximate surface area is 168 Å². The van der Waals surface area contributed by atoms with Gasteiger partial charge in [0, 0.05) is 23.6 Å². The quantitative estimate of drug-likeness (QED) is 0.173. The minimum atomic E-state index is -0.0248. The van der Waals surface area contributed by atoms with Crippen molar-refractivity contribution in [1.82, 2.24) is 4.90 Å². The van der Waals surface area contributed by atoms with Gasteiger partial charge >= 0.3 is 0 Å². The molecule has 3 heteroatoms. The number of fused-ring (bicyclic) bond motifs is 2. The zero-order valence-corrected chi connectivity index (χ0v) is 16.9. The highest BCUT2D eigenvalue weighted by Crippen LogP contribution is 2.43. The topological polar surface area (TPSA) is 20.3 Å². The zero-order valence-electron chi connectivity index (χ0n) is 16.0. The Kier molecular flexibility index (Phi) is 3.65. The maximum Gasteiger partial charge on any atom is 0.259 e. The van der Waals surface area contributed by atoms with E-state index in [1.54, 1.807) is 11.9 Å². The molecule has 5 aromatic carbocycles. The fourth-order valence-electron chi connectivity index (χ4n) is 4.54. The van der Waals surface area contributed by atoms with Crippen LogP contribution in [-0.2, 0) is 0 Å². The van der Waals surface area contributed by atoms with Crippen LogP contribution < -0.4 is 0 Å². The fourth-order valence-corrected chi connectivity index (χ4v) is 4.80. The number of hydrogen-bond donors (Lipinski definition) is 0.